The van der Waals surface area contributed by atoms with Crippen molar-refractivity contribution in [1.82, 2.24) is 5.32 Å². The molecule has 0 aliphatic rings. The molecule has 0 radical (unpaired) electrons. The van der Waals surface area contributed by atoms with Gasteiger partial charge >= 0.3 is 12.4 Å². The number of hydrogen-bond donors (Lipinski definition) is 3. The van der Waals surface area contributed by atoms with Crippen LogP contribution >= 0.6 is 11.6 Å². The molecule has 2 aromatic rings. The fraction of sp³-hybridized carbons (Fsp3) is 0.118. The van der Waals surface area contributed by atoms with Crippen LogP contribution in [-0.2, 0) is 4.79 Å². The third-order valence-corrected chi connectivity index (χ3v) is 3.57. The molecule has 2 aromatic carbocycles. The van der Waals surface area contributed by atoms with Crippen LogP contribution in [0.15, 0.2) is 30.3 Å². The van der Waals surface area contributed by atoms with Crippen LogP contribution in [-0.4, -0.2) is 24.2 Å². The number of urea groups is 1. The van der Waals surface area contributed by atoms with E-state index in [0.29, 0.717) is 12.1 Å². The van der Waals surface area contributed by atoms with Gasteiger partial charge in [-0.05, 0) is 30.3 Å². The van der Waals surface area contributed by atoms with E-state index in [1.807, 2.05) is 5.32 Å². The van der Waals surface area contributed by atoms with E-state index in [0.717, 1.165) is 25.1 Å². The maximum absolute atomic E-state index is 13.3. The molecule has 2 rings (SSSR count). The maximum Gasteiger partial charge on any atom is 0.573 e. The smallest absolute Gasteiger partial charge is 0.404 e. The molecule has 0 heterocycles. The second-order valence-corrected chi connectivity index (χ2v) is 6.00. The molecule has 0 aliphatic heterocycles. The van der Waals surface area contributed by atoms with Crippen molar-refractivity contribution in [2.45, 2.75) is 13.3 Å². The zero-order valence-corrected chi connectivity index (χ0v) is 15.5. The Bertz CT molecular complexity index is 1010. The largest absolute Gasteiger partial charge is 0.573 e. The van der Waals surface area contributed by atoms with E-state index in [-0.39, 0.29) is 5.69 Å². The van der Waals surface area contributed by atoms with Crippen molar-refractivity contribution < 1.29 is 41.1 Å². The molecular formula is C17H11ClF5N3O4. The summed E-state index contributed by atoms with van der Waals surface area (Å²) in [7, 11) is 0. The molecule has 7 nitrogen and oxygen atoms in total. The Morgan fingerprint density at radius 2 is 1.63 bits per heavy atom. The highest BCUT2D eigenvalue weighted by Crippen LogP contribution is 2.32. The van der Waals surface area contributed by atoms with Gasteiger partial charge in [-0.25, -0.2) is 13.6 Å². The number of amides is 4. The van der Waals surface area contributed by atoms with Gasteiger partial charge < -0.3 is 15.4 Å². The van der Waals surface area contributed by atoms with E-state index in [2.05, 4.69) is 10.1 Å². The van der Waals surface area contributed by atoms with Gasteiger partial charge in [0.1, 0.15) is 0 Å². The highest BCUT2D eigenvalue weighted by molar-refractivity contribution is 6.34. The Balaban J connectivity index is 2.24. The molecule has 0 atom stereocenters. The van der Waals surface area contributed by atoms with Crippen LogP contribution in [0.4, 0.5) is 38.1 Å². The molecule has 4 amide bonds. The van der Waals surface area contributed by atoms with Crippen molar-refractivity contribution in [3.8, 4) is 5.75 Å². The lowest BCUT2D eigenvalue weighted by atomic mass is 10.2. The van der Waals surface area contributed by atoms with Gasteiger partial charge in [-0.2, -0.15) is 0 Å². The number of hydrogen-bond acceptors (Lipinski definition) is 4. The van der Waals surface area contributed by atoms with Gasteiger partial charge in [0.15, 0.2) is 17.4 Å². The number of anilines is 2. The molecule has 0 aliphatic carbocycles. The molecule has 13 heteroatoms. The maximum atomic E-state index is 13.3. The Hall–Kier alpha value is -3.41. The van der Waals surface area contributed by atoms with Crippen molar-refractivity contribution in [3.63, 3.8) is 0 Å². The first-order valence-corrected chi connectivity index (χ1v) is 8.18. The summed E-state index contributed by atoms with van der Waals surface area (Å²) in [6.45, 7) is 1.14. The first-order chi connectivity index (χ1) is 13.9. The fourth-order valence-electron chi connectivity index (χ4n) is 2.14. The van der Waals surface area contributed by atoms with Crippen LogP contribution in [0.1, 0.15) is 17.3 Å². The van der Waals surface area contributed by atoms with Crippen molar-refractivity contribution >= 4 is 40.8 Å². The predicted octanol–water partition coefficient (Wildman–Crippen LogP) is 4.44. The summed E-state index contributed by atoms with van der Waals surface area (Å²) in [6.07, 6.45) is -5.10. The van der Waals surface area contributed by atoms with Crippen molar-refractivity contribution in [2.75, 3.05) is 10.6 Å². The number of halogens is 6. The number of rotatable bonds is 4. The molecule has 0 fully saturated rings. The molecule has 160 valence electrons. The van der Waals surface area contributed by atoms with E-state index >= 15 is 0 Å². The number of ether oxygens (including phenoxy) is 1. The summed E-state index contributed by atoms with van der Waals surface area (Å²) in [4.78, 5) is 35.2. The average Bonchev–Trinajstić information content (AvgIpc) is 2.58. The van der Waals surface area contributed by atoms with Crippen LogP contribution in [0.25, 0.3) is 0 Å². The lowest BCUT2D eigenvalue weighted by molar-refractivity contribution is -0.274. The topological polar surface area (TPSA) is 96.5 Å². The summed E-state index contributed by atoms with van der Waals surface area (Å²) < 4.78 is 67.8. The van der Waals surface area contributed by atoms with Gasteiger partial charge in [0.25, 0.3) is 5.91 Å². The Morgan fingerprint density at radius 1 is 1.00 bits per heavy atom. The summed E-state index contributed by atoms with van der Waals surface area (Å²) in [5.74, 6) is -5.38. The minimum absolute atomic E-state index is 0.0160. The molecule has 0 bridgehead atoms. The number of nitrogens with one attached hydrogen (secondary N) is 3. The van der Waals surface area contributed by atoms with Crippen molar-refractivity contribution in [2.24, 2.45) is 0 Å². The first kappa shape index (κ1) is 22.9. The molecule has 0 unspecified atom stereocenters. The quantitative estimate of drug-likeness (QED) is 0.473. The average molecular weight is 452 g/mol. The molecule has 0 spiro atoms. The monoisotopic (exact) mass is 451 g/mol. The molecular weight excluding hydrogens is 441 g/mol. The predicted molar refractivity (Wildman–Crippen MR) is 95.3 cm³/mol. The van der Waals surface area contributed by atoms with Gasteiger partial charge in [-0.1, -0.05) is 11.6 Å². The number of imide groups is 1. The number of carbonyl (C=O) groups is 3. The highest BCUT2D eigenvalue weighted by atomic mass is 35.5. The normalized spacial score (nSPS) is 10.9. The minimum atomic E-state index is -5.10. The summed E-state index contributed by atoms with van der Waals surface area (Å²) in [5, 5.41) is 5.41. The van der Waals surface area contributed by atoms with Crippen LogP contribution in [0.3, 0.4) is 0 Å². The van der Waals surface area contributed by atoms with Gasteiger partial charge in [0.05, 0.1) is 16.3 Å². The van der Waals surface area contributed by atoms with Crippen LogP contribution in [0, 0.1) is 11.6 Å². The van der Waals surface area contributed by atoms with E-state index < -0.39 is 57.9 Å². The number of alkyl halides is 3. The van der Waals surface area contributed by atoms with Gasteiger partial charge in [0, 0.05) is 12.6 Å². The fourth-order valence-corrected chi connectivity index (χ4v) is 2.38. The Labute approximate surface area is 170 Å². The second-order valence-electron chi connectivity index (χ2n) is 5.59. The Kier molecular flexibility index (Phi) is 6.82. The van der Waals surface area contributed by atoms with Gasteiger partial charge in [-0.3, -0.25) is 14.9 Å². The van der Waals surface area contributed by atoms with E-state index in [1.54, 1.807) is 5.32 Å². The van der Waals surface area contributed by atoms with Crippen LogP contribution in [0.5, 0.6) is 5.75 Å². The highest BCUT2D eigenvalue weighted by Gasteiger charge is 2.32. The summed E-state index contributed by atoms with van der Waals surface area (Å²) >= 11 is 5.62. The second kappa shape index (κ2) is 8.95. The molecule has 3 N–H and O–H groups in total. The number of carbonyl (C=O) groups excluding carboxylic acids is 3. The molecule has 0 saturated heterocycles. The third-order valence-electron chi connectivity index (χ3n) is 3.26. The lowest BCUT2D eigenvalue weighted by Crippen LogP contribution is -2.35. The Morgan fingerprint density at radius 3 is 2.23 bits per heavy atom. The zero-order chi connectivity index (χ0) is 22.6. The standard InChI is InChI=1S/C17H11ClF5N3O4/c1-7(27)24-8-2-3-14(30-17(21,22)23)13(4-8)25-16(29)26-15(28)9-5-11(19)12(20)6-10(9)18/h2-6H,1H3,(H,24,27)(H2,25,26,28,29). The minimum Gasteiger partial charge on any atom is -0.404 e. The molecule has 0 aromatic heterocycles. The van der Waals surface area contributed by atoms with E-state index in [9.17, 15) is 36.3 Å². The summed E-state index contributed by atoms with van der Waals surface area (Å²) in [6, 6.07) is 2.45. The SMILES string of the molecule is CC(=O)Nc1ccc(OC(F)(F)F)c(NC(=O)NC(=O)c2cc(F)c(F)cc2Cl)c1. The van der Waals surface area contributed by atoms with Crippen molar-refractivity contribution in [1.29, 1.82) is 0 Å². The van der Waals surface area contributed by atoms with Crippen molar-refractivity contribution in [3.05, 3.63) is 52.6 Å². The van der Waals surface area contributed by atoms with Crippen LogP contribution in [0.2, 0.25) is 5.02 Å². The lowest BCUT2D eigenvalue weighted by Gasteiger charge is -2.15. The van der Waals surface area contributed by atoms with Crippen LogP contribution < -0.4 is 20.7 Å². The van der Waals surface area contributed by atoms with E-state index in [1.165, 1.54) is 0 Å². The number of benzene rings is 2. The molecule has 30 heavy (non-hydrogen) atoms. The zero-order valence-electron chi connectivity index (χ0n) is 14.8. The van der Waals surface area contributed by atoms with Gasteiger partial charge in [-0.15, -0.1) is 13.2 Å². The molecule has 0 saturated carbocycles. The first-order valence-electron chi connectivity index (χ1n) is 7.80. The van der Waals surface area contributed by atoms with Gasteiger partial charge in [0.2, 0.25) is 5.91 Å². The summed E-state index contributed by atoms with van der Waals surface area (Å²) in [5.41, 5.74) is -1.13. The van der Waals surface area contributed by atoms with E-state index in [4.69, 9.17) is 11.6 Å². The third kappa shape index (κ3) is 6.30.